The minimum atomic E-state index is -0.938. The molecule has 6 heteroatoms. The van der Waals surface area contributed by atoms with Gasteiger partial charge in [0.15, 0.2) is 11.6 Å². The van der Waals surface area contributed by atoms with Crippen LogP contribution >= 0.6 is 0 Å². The Morgan fingerprint density at radius 3 is 2.68 bits per heavy atom. The van der Waals surface area contributed by atoms with Crippen LogP contribution in [-0.2, 0) is 16.0 Å². The summed E-state index contributed by atoms with van der Waals surface area (Å²) < 4.78 is 30.5. The summed E-state index contributed by atoms with van der Waals surface area (Å²) in [6.45, 7) is 2.44. The molecule has 1 aromatic rings. The lowest BCUT2D eigenvalue weighted by atomic mass is 10.1. The standard InChI is InChI=1S/C13H18F2N2O2/c1-19-7-6-16-4-5-17-13(18)9-10-2-3-11(14)12(15)8-10/h2-3,8,16H,4-7,9H2,1H3,(H,17,18). The van der Waals surface area contributed by atoms with Gasteiger partial charge in [0.05, 0.1) is 13.0 Å². The molecule has 19 heavy (non-hydrogen) atoms. The second-order valence-electron chi connectivity index (χ2n) is 4.02. The summed E-state index contributed by atoms with van der Waals surface area (Å²) in [6.07, 6.45) is 0.0370. The summed E-state index contributed by atoms with van der Waals surface area (Å²) in [7, 11) is 1.62. The van der Waals surface area contributed by atoms with E-state index in [1.54, 1.807) is 7.11 Å². The largest absolute Gasteiger partial charge is 0.383 e. The third kappa shape index (κ3) is 6.26. The molecule has 0 aliphatic heterocycles. The van der Waals surface area contributed by atoms with Crippen LogP contribution in [0.15, 0.2) is 18.2 Å². The average Bonchev–Trinajstić information content (AvgIpc) is 2.38. The summed E-state index contributed by atoms with van der Waals surface area (Å²) >= 11 is 0. The summed E-state index contributed by atoms with van der Waals surface area (Å²) in [4.78, 5) is 11.5. The third-order valence-corrected chi connectivity index (χ3v) is 2.46. The van der Waals surface area contributed by atoms with Crippen LogP contribution in [0, 0.1) is 11.6 Å². The molecule has 1 rings (SSSR count). The van der Waals surface area contributed by atoms with Crippen LogP contribution in [0.3, 0.4) is 0 Å². The van der Waals surface area contributed by atoms with Crippen LogP contribution in [0.4, 0.5) is 8.78 Å². The third-order valence-electron chi connectivity index (χ3n) is 2.46. The van der Waals surface area contributed by atoms with Crippen molar-refractivity contribution in [1.29, 1.82) is 0 Å². The van der Waals surface area contributed by atoms with Crippen LogP contribution in [0.25, 0.3) is 0 Å². The van der Waals surface area contributed by atoms with Crippen molar-refractivity contribution in [2.75, 3.05) is 33.4 Å². The van der Waals surface area contributed by atoms with Gasteiger partial charge in [-0.1, -0.05) is 6.07 Å². The van der Waals surface area contributed by atoms with E-state index in [-0.39, 0.29) is 12.3 Å². The van der Waals surface area contributed by atoms with E-state index < -0.39 is 11.6 Å². The van der Waals surface area contributed by atoms with E-state index >= 15 is 0 Å². The Kier molecular flexibility index (Phi) is 6.99. The zero-order valence-electron chi connectivity index (χ0n) is 10.8. The SMILES string of the molecule is COCCNCCNC(=O)Cc1ccc(F)c(F)c1. The molecular formula is C13H18F2N2O2. The molecule has 0 atom stereocenters. The molecule has 0 saturated heterocycles. The lowest BCUT2D eigenvalue weighted by Gasteiger charge is -2.07. The highest BCUT2D eigenvalue weighted by Gasteiger charge is 2.06. The molecule has 0 bridgehead atoms. The van der Waals surface area contributed by atoms with Crippen LogP contribution < -0.4 is 10.6 Å². The fourth-order valence-corrected chi connectivity index (χ4v) is 1.49. The molecule has 0 aromatic heterocycles. The van der Waals surface area contributed by atoms with Gasteiger partial charge in [-0.05, 0) is 17.7 Å². The van der Waals surface area contributed by atoms with Gasteiger partial charge in [-0.2, -0.15) is 0 Å². The monoisotopic (exact) mass is 272 g/mol. The van der Waals surface area contributed by atoms with E-state index in [1.165, 1.54) is 6.07 Å². The van der Waals surface area contributed by atoms with Crippen molar-refractivity contribution in [1.82, 2.24) is 10.6 Å². The molecule has 1 aromatic carbocycles. The van der Waals surface area contributed by atoms with Crippen LogP contribution in [0.5, 0.6) is 0 Å². The zero-order chi connectivity index (χ0) is 14.1. The Labute approximate surface area is 111 Å². The van der Waals surface area contributed by atoms with E-state index in [0.29, 0.717) is 25.3 Å². The topological polar surface area (TPSA) is 50.4 Å². The van der Waals surface area contributed by atoms with Gasteiger partial charge < -0.3 is 15.4 Å². The molecule has 0 unspecified atom stereocenters. The van der Waals surface area contributed by atoms with Crippen molar-refractivity contribution in [3.63, 3.8) is 0 Å². The highest BCUT2D eigenvalue weighted by atomic mass is 19.2. The molecule has 4 nitrogen and oxygen atoms in total. The number of methoxy groups -OCH3 is 1. The van der Waals surface area contributed by atoms with Gasteiger partial charge in [0.1, 0.15) is 0 Å². The highest BCUT2D eigenvalue weighted by Crippen LogP contribution is 2.08. The van der Waals surface area contributed by atoms with E-state index in [9.17, 15) is 13.6 Å². The first-order valence-electron chi connectivity index (χ1n) is 6.03. The van der Waals surface area contributed by atoms with Crippen molar-refractivity contribution in [3.8, 4) is 0 Å². The molecular weight excluding hydrogens is 254 g/mol. The van der Waals surface area contributed by atoms with E-state index in [0.717, 1.165) is 18.7 Å². The number of benzene rings is 1. The quantitative estimate of drug-likeness (QED) is 0.690. The maximum atomic E-state index is 12.9. The van der Waals surface area contributed by atoms with Gasteiger partial charge in [-0.3, -0.25) is 4.79 Å². The average molecular weight is 272 g/mol. The highest BCUT2D eigenvalue weighted by molar-refractivity contribution is 5.78. The summed E-state index contributed by atoms with van der Waals surface area (Å²) in [5.74, 6) is -2.07. The Bertz CT molecular complexity index is 414. The number of rotatable bonds is 8. The van der Waals surface area contributed by atoms with Crippen molar-refractivity contribution in [2.24, 2.45) is 0 Å². The predicted octanol–water partition coefficient (Wildman–Crippen LogP) is 0.859. The van der Waals surface area contributed by atoms with E-state index in [2.05, 4.69) is 10.6 Å². The molecule has 0 aliphatic rings. The number of hydrogen-bond donors (Lipinski definition) is 2. The van der Waals surface area contributed by atoms with Gasteiger partial charge in [-0.15, -0.1) is 0 Å². The summed E-state index contributed by atoms with van der Waals surface area (Å²) in [5, 5.41) is 5.76. The lowest BCUT2D eigenvalue weighted by molar-refractivity contribution is -0.120. The van der Waals surface area contributed by atoms with Crippen LogP contribution in [0.2, 0.25) is 0 Å². The first kappa shape index (κ1) is 15.5. The molecule has 0 spiro atoms. The lowest BCUT2D eigenvalue weighted by Crippen LogP contribution is -2.33. The van der Waals surface area contributed by atoms with Crippen molar-refractivity contribution in [2.45, 2.75) is 6.42 Å². The Balaban J connectivity index is 2.21. The molecule has 0 fully saturated rings. The number of carbonyl (C=O) groups is 1. The van der Waals surface area contributed by atoms with Gasteiger partial charge in [0, 0.05) is 26.7 Å². The maximum absolute atomic E-state index is 12.9. The van der Waals surface area contributed by atoms with E-state index in [4.69, 9.17) is 4.74 Å². The fraction of sp³-hybridized carbons (Fsp3) is 0.462. The van der Waals surface area contributed by atoms with Gasteiger partial charge >= 0.3 is 0 Å². The normalized spacial score (nSPS) is 10.5. The molecule has 2 N–H and O–H groups in total. The Morgan fingerprint density at radius 1 is 1.21 bits per heavy atom. The minimum Gasteiger partial charge on any atom is -0.383 e. The summed E-state index contributed by atoms with van der Waals surface area (Å²) in [6, 6.07) is 3.45. The summed E-state index contributed by atoms with van der Waals surface area (Å²) in [5.41, 5.74) is 0.448. The number of hydrogen-bond acceptors (Lipinski definition) is 3. The molecule has 0 radical (unpaired) electrons. The minimum absolute atomic E-state index is 0.0370. The van der Waals surface area contributed by atoms with Crippen LogP contribution in [-0.4, -0.2) is 39.3 Å². The first-order chi connectivity index (χ1) is 9.13. The van der Waals surface area contributed by atoms with E-state index in [1.807, 2.05) is 0 Å². The predicted molar refractivity (Wildman–Crippen MR) is 67.8 cm³/mol. The van der Waals surface area contributed by atoms with Gasteiger partial charge in [0.25, 0.3) is 0 Å². The first-order valence-corrected chi connectivity index (χ1v) is 6.03. The molecule has 0 heterocycles. The maximum Gasteiger partial charge on any atom is 0.224 e. The molecule has 0 saturated carbocycles. The molecule has 0 aliphatic carbocycles. The number of carbonyl (C=O) groups excluding carboxylic acids is 1. The van der Waals surface area contributed by atoms with Gasteiger partial charge in [-0.25, -0.2) is 8.78 Å². The van der Waals surface area contributed by atoms with Crippen molar-refractivity contribution >= 4 is 5.91 Å². The second kappa shape index (κ2) is 8.55. The smallest absolute Gasteiger partial charge is 0.224 e. The van der Waals surface area contributed by atoms with Crippen LogP contribution in [0.1, 0.15) is 5.56 Å². The number of halogens is 2. The van der Waals surface area contributed by atoms with Crippen molar-refractivity contribution < 1.29 is 18.3 Å². The van der Waals surface area contributed by atoms with Gasteiger partial charge in [0.2, 0.25) is 5.91 Å². The molecule has 1 amide bonds. The Morgan fingerprint density at radius 2 is 2.00 bits per heavy atom. The fourth-order valence-electron chi connectivity index (χ4n) is 1.49. The van der Waals surface area contributed by atoms with Crippen molar-refractivity contribution in [3.05, 3.63) is 35.4 Å². The number of nitrogens with one attached hydrogen (secondary N) is 2. The second-order valence-corrected chi connectivity index (χ2v) is 4.02. The molecule has 106 valence electrons. The zero-order valence-corrected chi connectivity index (χ0v) is 10.8. The number of ether oxygens (including phenoxy) is 1. The Hall–Kier alpha value is -1.53. The number of amides is 1.